The fourth-order valence-corrected chi connectivity index (χ4v) is 11.3. The number of amides is 3. The van der Waals surface area contributed by atoms with Crippen molar-refractivity contribution in [2.75, 3.05) is 74.1 Å². The molecule has 5 aliphatic rings. The molecule has 2 spiro atoms. The van der Waals surface area contributed by atoms with Crippen LogP contribution in [0.5, 0.6) is 11.5 Å². The highest BCUT2D eigenvalue weighted by atomic mass is 32.2. The van der Waals surface area contributed by atoms with E-state index in [4.69, 9.17) is 9.47 Å². The van der Waals surface area contributed by atoms with Crippen LogP contribution in [-0.4, -0.2) is 125 Å². The van der Waals surface area contributed by atoms with Crippen molar-refractivity contribution < 1.29 is 41.4 Å². The first-order chi connectivity index (χ1) is 31.6. The predicted octanol–water partition coefficient (Wildman–Crippen LogP) is 3.72. The van der Waals surface area contributed by atoms with Gasteiger partial charge in [0.1, 0.15) is 23.2 Å². The lowest BCUT2D eigenvalue weighted by molar-refractivity contribution is -0.120. The van der Waals surface area contributed by atoms with Gasteiger partial charge in [-0.1, -0.05) is 0 Å². The molecule has 0 bridgehead atoms. The van der Waals surface area contributed by atoms with Crippen LogP contribution in [0.1, 0.15) is 50.1 Å². The van der Waals surface area contributed by atoms with Crippen molar-refractivity contribution in [3.63, 3.8) is 0 Å². The van der Waals surface area contributed by atoms with E-state index in [2.05, 4.69) is 29.9 Å². The molecule has 3 aromatic carbocycles. The first-order valence-corrected chi connectivity index (χ1v) is 23.2. The normalized spacial score (nSPS) is 20.8. The molecule has 1 unspecified atom stereocenters. The van der Waals surface area contributed by atoms with E-state index < -0.39 is 45.6 Å². The number of hydrogen-bond acceptors (Lipinski definition) is 13. The molecule has 5 fully saturated rings. The number of aryl methyl sites for hydroxylation is 1. The molecule has 6 heterocycles. The Kier molecular flexibility index (Phi) is 10.8. The maximum atomic E-state index is 15.7. The number of aliphatic hydroxyl groups excluding tert-OH is 1. The van der Waals surface area contributed by atoms with E-state index in [1.54, 1.807) is 34.5 Å². The molecule has 1 aliphatic carbocycles. The summed E-state index contributed by atoms with van der Waals surface area (Å²) in [5.41, 5.74) is 0.327. The second-order valence-electron chi connectivity index (χ2n) is 18.1. The Labute approximate surface area is 377 Å². The number of nitriles is 1. The maximum absolute atomic E-state index is 15.7. The molecular formula is C44H47F2N11O8S. The van der Waals surface area contributed by atoms with E-state index in [1.165, 1.54) is 36.5 Å². The van der Waals surface area contributed by atoms with Crippen LogP contribution in [-0.2, 0) is 26.8 Å². The molecule has 19 nitrogen and oxygen atoms in total. The molecule has 5 aromatic rings. The van der Waals surface area contributed by atoms with Crippen LogP contribution in [0.3, 0.4) is 0 Å². The summed E-state index contributed by atoms with van der Waals surface area (Å²) in [5.74, 6) is -1.84. The highest BCUT2D eigenvalue weighted by Crippen LogP contribution is 2.53. The monoisotopic (exact) mass is 927 g/mol. The zero-order valence-corrected chi connectivity index (χ0v) is 37.0. The summed E-state index contributed by atoms with van der Waals surface area (Å²) in [4.78, 5) is 48.7. The van der Waals surface area contributed by atoms with Crippen molar-refractivity contribution in [2.24, 2.45) is 12.5 Å². The van der Waals surface area contributed by atoms with Crippen molar-refractivity contribution >= 4 is 61.1 Å². The van der Waals surface area contributed by atoms with Gasteiger partial charge in [0.05, 0.1) is 59.0 Å². The van der Waals surface area contributed by atoms with Gasteiger partial charge in [0.2, 0.25) is 5.91 Å². The molecule has 1 saturated carbocycles. The number of halogens is 2. The molecule has 10 rings (SSSR count). The number of piperidine rings is 1. The number of ether oxygens (including phenoxy) is 2. The van der Waals surface area contributed by atoms with Gasteiger partial charge >= 0.3 is 16.2 Å². The van der Waals surface area contributed by atoms with Crippen molar-refractivity contribution in [2.45, 2.75) is 56.2 Å². The molecule has 346 valence electrons. The summed E-state index contributed by atoms with van der Waals surface area (Å²) >= 11 is 0. The van der Waals surface area contributed by atoms with Gasteiger partial charge in [-0.15, -0.1) is 0 Å². The molecule has 0 radical (unpaired) electrons. The first kappa shape index (κ1) is 43.6. The third-order valence-corrected chi connectivity index (χ3v) is 15.5. The van der Waals surface area contributed by atoms with Gasteiger partial charge in [0, 0.05) is 76.6 Å². The number of likely N-dealkylation sites (N-methyl/N-ethyl adjacent to an activating group) is 1. The molecule has 2 aromatic heterocycles. The molecule has 66 heavy (non-hydrogen) atoms. The Morgan fingerprint density at radius 1 is 1.03 bits per heavy atom. The van der Waals surface area contributed by atoms with E-state index >= 15 is 8.78 Å². The van der Waals surface area contributed by atoms with Crippen LogP contribution < -0.4 is 30.1 Å². The first-order valence-electron chi connectivity index (χ1n) is 21.8. The lowest BCUT2D eigenvalue weighted by Gasteiger charge is -2.62. The van der Waals surface area contributed by atoms with Crippen molar-refractivity contribution in [1.29, 1.82) is 5.26 Å². The number of benzene rings is 3. The van der Waals surface area contributed by atoms with E-state index in [1.807, 2.05) is 0 Å². The molecule has 3 amide bonds. The third kappa shape index (κ3) is 7.57. The number of imide groups is 1. The number of hydrogen-bond donors (Lipinski definition) is 3. The van der Waals surface area contributed by atoms with Crippen LogP contribution >= 0.6 is 0 Å². The molecular weight excluding hydrogens is 881 g/mol. The van der Waals surface area contributed by atoms with Gasteiger partial charge in [-0.25, -0.2) is 18.6 Å². The molecule has 3 N–H and O–H groups in total. The lowest BCUT2D eigenvalue weighted by atomic mass is 9.59. The third-order valence-electron chi connectivity index (χ3n) is 14.0. The van der Waals surface area contributed by atoms with E-state index in [-0.39, 0.29) is 65.1 Å². The number of carbonyl (C=O) groups excluding carboxylic acids is 2. The summed E-state index contributed by atoms with van der Waals surface area (Å²) in [6.07, 6.45) is 5.93. The lowest BCUT2D eigenvalue weighted by Crippen LogP contribution is -2.67. The number of nitrogens with one attached hydrogen (secondary N) is 2. The molecule has 4 aliphatic heterocycles. The number of aromatic nitrogens is 4. The number of rotatable bonds is 11. The number of nitrogens with zero attached hydrogens (tertiary/aromatic N) is 9. The zero-order valence-electron chi connectivity index (χ0n) is 36.2. The van der Waals surface area contributed by atoms with E-state index in [0.29, 0.717) is 47.0 Å². The number of urea groups is 1. The number of anilines is 3. The van der Waals surface area contributed by atoms with Gasteiger partial charge in [-0.05, 0) is 74.6 Å². The summed E-state index contributed by atoms with van der Waals surface area (Å²) in [7, 11) is -1.20. The van der Waals surface area contributed by atoms with Gasteiger partial charge in [-0.3, -0.25) is 33.8 Å². The van der Waals surface area contributed by atoms with Crippen LogP contribution in [0, 0.1) is 28.4 Å². The Morgan fingerprint density at radius 2 is 1.80 bits per heavy atom. The number of aliphatic hydroxyl groups is 1. The quantitative estimate of drug-likeness (QED) is 0.172. The summed E-state index contributed by atoms with van der Waals surface area (Å²) in [6.45, 7) is 3.06. The minimum absolute atomic E-state index is 0.0322. The van der Waals surface area contributed by atoms with Crippen LogP contribution in [0.25, 0.3) is 21.8 Å². The second kappa shape index (κ2) is 16.3. The Bertz CT molecular complexity index is 3030. The van der Waals surface area contributed by atoms with Gasteiger partial charge in [0.15, 0.2) is 17.4 Å². The fraction of sp³-hybridized carbons (Fsp3) is 0.455. The van der Waals surface area contributed by atoms with Crippen LogP contribution in [0.15, 0.2) is 53.6 Å². The minimum atomic E-state index is -4.19. The van der Waals surface area contributed by atoms with Gasteiger partial charge in [-0.2, -0.15) is 23.1 Å². The topological polar surface area (TPSA) is 220 Å². The zero-order chi connectivity index (χ0) is 46.3. The molecule has 4 saturated heterocycles. The van der Waals surface area contributed by atoms with E-state index in [0.717, 1.165) is 68.3 Å². The van der Waals surface area contributed by atoms with Crippen molar-refractivity contribution in [3.8, 4) is 17.6 Å². The maximum Gasteiger partial charge on any atom is 0.329 e. The predicted molar refractivity (Wildman–Crippen MR) is 236 cm³/mol. The Hall–Kier alpha value is -6.25. The largest absolute Gasteiger partial charge is 0.453 e. The standard InChI is InChI=1S/C44H47F2N11O8S/c1-52(13-14-58)66(62,63)51-35-6-4-32(45)39(31(35)21-47)65-28-3-5-34-29(15-28)41(60)57(25-48-34)27-20-44(64-22-27)8-11-54(12-9-44)26-18-43(19-26)23-55(24-43)37-17-36-30(16-33(37)46)40(50-53(36)2)56-10-7-38(59)49-42(56)61/h3-6,15-17,25-27,51,58H,7-14,18-20,22-24H2,1-2H3,(H,49,59,61). The van der Waals surface area contributed by atoms with Gasteiger partial charge in [0.25, 0.3) is 5.56 Å². The average Bonchev–Trinajstić information content (AvgIpc) is 3.81. The Morgan fingerprint density at radius 3 is 2.53 bits per heavy atom. The fourth-order valence-electron chi connectivity index (χ4n) is 10.4. The second-order valence-corrected chi connectivity index (χ2v) is 19.9. The van der Waals surface area contributed by atoms with Crippen LogP contribution in [0.2, 0.25) is 0 Å². The SMILES string of the molecule is CN(CCO)S(=O)(=O)Nc1ccc(F)c(Oc2ccc3ncn(C4COC5(CCN(C6CC7(C6)CN(c6cc8c(cc6F)c(N6CCC(=O)NC6=O)nn8C)C7)CC5)C4)c(=O)c3c2)c1C#N. The average molecular weight is 928 g/mol. The Balaban J connectivity index is 0.757. The number of fused-ring (bicyclic) bond motifs is 2. The molecule has 22 heteroatoms. The smallest absolute Gasteiger partial charge is 0.329 e. The highest BCUT2D eigenvalue weighted by molar-refractivity contribution is 7.90. The highest BCUT2D eigenvalue weighted by Gasteiger charge is 2.55. The molecule has 1 atom stereocenters. The summed E-state index contributed by atoms with van der Waals surface area (Å²) < 4.78 is 74.9. The van der Waals surface area contributed by atoms with Crippen molar-refractivity contribution in [3.05, 3.63) is 76.3 Å². The number of carbonyl (C=O) groups is 2. The number of likely N-dealkylation sites (tertiary alicyclic amines) is 1. The van der Waals surface area contributed by atoms with Crippen LogP contribution in [0.4, 0.5) is 30.8 Å². The summed E-state index contributed by atoms with van der Waals surface area (Å²) in [5, 5.41) is 26.6. The summed E-state index contributed by atoms with van der Waals surface area (Å²) in [6, 6.07) is 11.1. The van der Waals surface area contributed by atoms with E-state index in [9.17, 15) is 33.2 Å². The van der Waals surface area contributed by atoms with Crippen molar-refractivity contribution in [1.82, 2.24) is 33.9 Å². The minimum Gasteiger partial charge on any atom is -0.453 e. The van der Waals surface area contributed by atoms with Gasteiger partial charge < -0.3 is 24.4 Å².